The predicted molar refractivity (Wildman–Crippen MR) is 97.7 cm³/mol. The van der Waals surface area contributed by atoms with Gasteiger partial charge in [-0.15, -0.1) is 0 Å². The number of phenols is 1. The zero-order valence-electron chi connectivity index (χ0n) is 13.9. The number of rotatable bonds is 2. The van der Waals surface area contributed by atoms with Crippen LogP contribution in [0.5, 0.6) is 5.75 Å². The third-order valence-electron chi connectivity index (χ3n) is 4.12. The van der Waals surface area contributed by atoms with Crippen LogP contribution in [0, 0.1) is 0 Å². The molecule has 0 amide bonds. The molecule has 0 bridgehead atoms. The highest BCUT2D eigenvalue weighted by atomic mass is 16.3. The van der Waals surface area contributed by atoms with Gasteiger partial charge in [-0.1, -0.05) is 87.5 Å². The molecule has 1 N–H and O–H groups in total. The summed E-state index contributed by atoms with van der Waals surface area (Å²) in [4.78, 5) is 0. The highest BCUT2D eigenvalue weighted by Crippen LogP contribution is 2.44. The van der Waals surface area contributed by atoms with Crippen LogP contribution in [0.2, 0.25) is 0 Å². The molecule has 0 heterocycles. The molecule has 116 valence electrons. The summed E-state index contributed by atoms with van der Waals surface area (Å²) >= 11 is 0. The van der Waals surface area contributed by atoms with Crippen molar-refractivity contribution in [3.05, 3.63) is 78.4 Å². The van der Waals surface area contributed by atoms with Crippen LogP contribution < -0.4 is 0 Å². The molecule has 0 aromatic heterocycles. The van der Waals surface area contributed by atoms with Crippen LogP contribution in [0.1, 0.15) is 26.3 Å². The maximum absolute atomic E-state index is 10.6. The van der Waals surface area contributed by atoms with Gasteiger partial charge in [-0.25, -0.2) is 0 Å². The molecular weight excluding hydrogens is 280 g/mol. The van der Waals surface area contributed by atoms with E-state index in [4.69, 9.17) is 0 Å². The molecule has 0 saturated heterocycles. The first-order chi connectivity index (χ1) is 11.0. The molecule has 1 heteroatoms. The highest BCUT2D eigenvalue weighted by molar-refractivity contribution is 5.90. The van der Waals surface area contributed by atoms with Crippen LogP contribution >= 0.6 is 0 Å². The lowest BCUT2D eigenvalue weighted by Gasteiger charge is -2.26. The summed E-state index contributed by atoms with van der Waals surface area (Å²) in [5.74, 6) is 0.322. The van der Waals surface area contributed by atoms with E-state index < -0.39 is 0 Å². The van der Waals surface area contributed by atoms with E-state index in [1.165, 1.54) is 5.56 Å². The third-order valence-corrected chi connectivity index (χ3v) is 4.12. The van der Waals surface area contributed by atoms with Crippen molar-refractivity contribution < 1.29 is 5.11 Å². The van der Waals surface area contributed by atoms with Crippen molar-refractivity contribution in [3.8, 4) is 28.0 Å². The SMILES string of the molecule is CC(C)(C)c1ccc(O)c(-c2ccccc2)c1-c1ccccc1. The molecule has 1 nitrogen and oxygen atoms in total. The van der Waals surface area contributed by atoms with Crippen molar-refractivity contribution in [2.45, 2.75) is 26.2 Å². The van der Waals surface area contributed by atoms with E-state index in [1.807, 2.05) is 60.7 Å². The number of hydrogen-bond acceptors (Lipinski definition) is 1. The fourth-order valence-corrected chi connectivity index (χ4v) is 3.02. The first-order valence-electron chi connectivity index (χ1n) is 7.96. The van der Waals surface area contributed by atoms with Gasteiger partial charge in [0.05, 0.1) is 0 Å². The van der Waals surface area contributed by atoms with E-state index in [0.29, 0.717) is 5.75 Å². The Bertz CT molecular complexity index is 797. The van der Waals surface area contributed by atoms with Crippen LogP contribution in [0.15, 0.2) is 72.8 Å². The average molecular weight is 302 g/mol. The Morgan fingerprint density at radius 1 is 0.609 bits per heavy atom. The molecule has 0 atom stereocenters. The maximum atomic E-state index is 10.6. The fourth-order valence-electron chi connectivity index (χ4n) is 3.02. The summed E-state index contributed by atoms with van der Waals surface area (Å²) in [6.07, 6.45) is 0. The molecule has 0 radical (unpaired) electrons. The first kappa shape index (κ1) is 15.4. The van der Waals surface area contributed by atoms with E-state index in [-0.39, 0.29) is 5.41 Å². The summed E-state index contributed by atoms with van der Waals surface area (Å²) in [6.45, 7) is 6.63. The van der Waals surface area contributed by atoms with Crippen molar-refractivity contribution in [1.82, 2.24) is 0 Å². The lowest BCUT2D eigenvalue weighted by atomic mass is 9.78. The standard InChI is InChI=1S/C22H22O/c1-22(2,3)18-14-15-19(23)21(17-12-8-5-9-13-17)20(18)16-10-6-4-7-11-16/h4-15,23H,1-3H3. The Kier molecular flexibility index (Phi) is 3.96. The van der Waals surface area contributed by atoms with Crippen LogP contribution in [-0.2, 0) is 5.41 Å². The minimum atomic E-state index is -0.0115. The van der Waals surface area contributed by atoms with Gasteiger partial charge in [0, 0.05) is 5.56 Å². The average Bonchev–Trinajstić information content (AvgIpc) is 2.55. The van der Waals surface area contributed by atoms with Gasteiger partial charge in [-0.2, -0.15) is 0 Å². The number of hydrogen-bond donors (Lipinski definition) is 1. The van der Waals surface area contributed by atoms with Crippen LogP contribution in [0.4, 0.5) is 0 Å². The summed E-state index contributed by atoms with van der Waals surface area (Å²) in [5, 5.41) is 10.6. The lowest BCUT2D eigenvalue weighted by molar-refractivity contribution is 0.476. The Balaban J connectivity index is 2.39. The van der Waals surface area contributed by atoms with Crippen molar-refractivity contribution in [1.29, 1.82) is 0 Å². The Hall–Kier alpha value is -2.54. The van der Waals surface area contributed by atoms with E-state index in [0.717, 1.165) is 22.3 Å². The Morgan fingerprint density at radius 3 is 1.57 bits per heavy atom. The van der Waals surface area contributed by atoms with E-state index in [1.54, 1.807) is 0 Å². The van der Waals surface area contributed by atoms with Crippen LogP contribution in [0.3, 0.4) is 0 Å². The van der Waals surface area contributed by atoms with Crippen molar-refractivity contribution in [2.24, 2.45) is 0 Å². The molecule has 3 aromatic carbocycles. The van der Waals surface area contributed by atoms with Gasteiger partial charge in [0.15, 0.2) is 0 Å². The summed E-state index contributed by atoms with van der Waals surface area (Å²) in [7, 11) is 0. The molecule has 0 aliphatic carbocycles. The highest BCUT2D eigenvalue weighted by Gasteiger charge is 2.23. The Morgan fingerprint density at radius 2 is 1.09 bits per heavy atom. The van der Waals surface area contributed by atoms with Gasteiger partial charge in [-0.05, 0) is 33.7 Å². The van der Waals surface area contributed by atoms with Crippen LogP contribution in [0.25, 0.3) is 22.3 Å². The summed E-state index contributed by atoms with van der Waals surface area (Å²) in [6, 6.07) is 24.3. The Labute approximate surface area is 138 Å². The topological polar surface area (TPSA) is 20.2 Å². The second-order valence-electron chi connectivity index (χ2n) is 6.86. The van der Waals surface area contributed by atoms with Gasteiger partial charge in [-0.3, -0.25) is 0 Å². The van der Waals surface area contributed by atoms with Gasteiger partial charge < -0.3 is 5.11 Å². The maximum Gasteiger partial charge on any atom is 0.124 e. The smallest absolute Gasteiger partial charge is 0.124 e. The molecule has 3 rings (SSSR count). The molecule has 0 saturated carbocycles. The number of aromatic hydroxyl groups is 1. The monoisotopic (exact) mass is 302 g/mol. The lowest BCUT2D eigenvalue weighted by Crippen LogP contribution is -2.13. The molecule has 3 aromatic rings. The molecule has 0 aliphatic rings. The third kappa shape index (κ3) is 3.00. The fraction of sp³-hybridized carbons (Fsp3) is 0.182. The number of phenolic OH excluding ortho intramolecular Hbond substituents is 1. The van der Waals surface area contributed by atoms with Gasteiger partial charge in [0.1, 0.15) is 5.75 Å². The zero-order chi connectivity index (χ0) is 16.4. The molecule has 0 aliphatic heterocycles. The van der Waals surface area contributed by atoms with Gasteiger partial charge in [0.25, 0.3) is 0 Å². The molecule has 0 fully saturated rings. The van der Waals surface area contributed by atoms with E-state index in [2.05, 4.69) is 32.9 Å². The normalized spacial score (nSPS) is 11.4. The summed E-state index contributed by atoms with van der Waals surface area (Å²) in [5.41, 5.74) is 5.42. The molecular formula is C22H22O. The van der Waals surface area contributed by atoms with Gasteiger partial charge in [0.2, 0.25) is 0 Å². The second-order valence-corrected chi connectivity index (χ2v) is 6.86. The van der Waals surface area contributed by atoms with Gasteiger partial charge >= 0.3 is 0 Å². The van der Waals surface area contributed by atoms with Crippen molar-refractivity contribution in [2.75, 3.05) is 0 Å². The van der Waals surface area contributed by atoms with E-state index in [9.17, 15) is 5.11 Å². The molecule has 23 heavy (non-hydrogen) atoms. The minimum absolute atomic E-state index is 0.0115. The number of benzene rings is 3. The molecule has 0 spiro atoms. The predicted octanol–water partition coefficient (Wildman–Crippen LogP) is 6.02. The largest absolute Gasteiger partial charge is 0.507 e. The first-order valence-corrected chi connectivity index (χ1v) is 7.96. The van der Waals surface area contributed by atoms with E-state index >= 15 is 0 Å². The zero-order valence-corrected chi connectivity index (χ0v) is 13.9. The summed E-state index contributed by atoms with van der Waals surface area (Å²) < 4.78 is 0. The van der Waals surface area contributed by atoms with Crippen molar-refractivity contribution in [3.63, 3.8) is 0 Å². The quantitative estimate of drug-likeness (QED) is 0.613. The minimum Gasteiger partial charge on any atom is -0.507 e. The molecule has 0 unspecified atom stereocenters. The second kappa shape index (κ2) is 5.92. The van der Waals surface area contributed by atoms with Crippen LogP contribution in [-0.4, -0.2) is 5.11 Å². The van der Waals surface area contributed by atoms with Crippen molar-refractivity contribution >= 4 is 0 Å².